The van der Waals surface area contributed by atoms with E-state index in [1.54, 1.807) is 11.3 Å². The molecular formula is C11H7NS. The second-order valence-electron chi connectivity index (χ2n) is 2.67. The van der Waals surface area contributed by atoms with Crippen LogP contribution in [0.5, 0.6) is 0 Å². The topological polar surface area (TPSA) is 23.8 Å². The zero-order valence-corrected chi connectivity index (χ0v) is 7.71. The Labute approximate surface area is 80.9 Å². The Bertz CT molecular complexity index is 437. The standard InChI is InChI=1S/C11H7NS/c12-8-9-3-1-4-10(7-9)11-5-2-6-13-11/h1-7H. The van der Waals surface area contributed by atoms with Gasteiger partial charge in [-0.05, 0) is 29.1 Å². The van der Waals surface area contributed by atoms with Crippen LogP contribution in [0, 0.1) is 11.3 Å². The predicted molar refractivity (Wildman–Crippen MR) is 54.5 cm³/mol. The van der Waals surface area contributed by atoms with E-state index in [0.29, 0.717) is 5.56 Å². The maximum atomic E-state index is 8.71. The number of nitrogens with zero attached hydrogens (tertiary/aromatic N) is 1. The van der Waals surface area contributed by atoms with Crippen molar-refractivity contribution >= 4 is 11.3 Å². The first-order valence-corrected chi connectivity index (χ1v) is 4.82. The van der Waals surface area contributed by atoms with Crippen LogP contribution in [-0.2, 0) is 0 Å². The molecule has 0 saturated carbocycles. The van der Waals surface area contributed by atoms with Crippen LogP contribution in [0.2, 0.25) is 0 Å². The number of hydrogen-bond donors (Lipinski definition) is 0. The fourth-order valence-electron chi connectivity index (χ4n) is 1.18. The van der Waals surface area contributed by atoms with Gasteiger partial charge in [0.05, 0.1) is 11.6 Å². The van der Waals surface area contributed by atoms with E-state index in [0.717, 1.165) is 5.56 Å². The van der Waals surface area contributed by atoms with E-state index in [4.69, 9.17) is 5.26 Å². The van der Waals surface area contributed by atoms with Gasteiger partial charge in [0, 0.05) is 4.88 Å². The molecule has 0 spiro atoms. The molecule has 1 aromatic carbocycles. The molecule has 0 radical (unpaired) electrons. The molecule has 2 heteroatoms. The molecule has 0 bridgehead atoms. The second-order valence-corrected chi connectivity index (χ2v) is 3.62. The quantitative estimate of drug-likeness (QED) is 0.668. The summed E-state index contributed by atoms with van der Waals surface area (Å²) < 4.78 is 0. The van der Waals surface area contributed by atoms with Gasteiger partial charge in [-0.15, -0.1) is 11.3 Å². The highest BCUT2D eigenvalue weighted by molar-refractivity contribution is 7.13. The van der Waals surface area contributed by atoms with Gasteiger partial charge in [-0.2, -0.15) is 5.26 Å². The van der Waals surface area contributed by atoms with Gasteiger partial charge in [0.1, 0.15) is 0 Å². The van der Waals surface area contributed by atoms with Gasteiger partial charge in [0.15, 0.2) is 0 Å². The number of thiophene rings is 1. The summed E-state index contributed by atoms with van der Waals surface area (Å²) in [5, 5.41) is 10.7. The number of hydrogen-bond acceptors (Lipinski definition) is 2. The zero-order chi connectivity index (χ0) is 9.10. The van der Waals surface area contributed by atoms with Crippen LogP contribution >= 0.6 is 11.3 Å². The predicted octanol–water partition coefficient (Wildman–Crippen LogP) is 3.29. The third-order valence-electron chi connectivity index (χ3n) is 1.80. The van der Waals surface area contributed by atoms with E-state index in [-0.39, 0.29) is 0 Å². The molecule has 0 aliphatic heterocycles. The van der Waals surface area contributed by atoms with Crippen LogP contribution in [-0.4, -0.2) is 0 Å². The van der Waals surface area contributed by atoms with Crippen LogP contribution in [0.4, 0.5) is 0 Å². The highest BCUT2D eigenvalue weighted by Gasteiger charge is 1.98. The fourth-order valence-corrected chi connectivity index (χ4v) is 1.91. The minimum Gasteiger partial charge on any atom is -0.192 e. The number of benzene rings is 1. The molecule has 1 aromatic heterocycles. The lowest BCUT2D eigenvalue weighted by Crippen LogP contribution is -1.75. The molecule has 2 rings (SSSR count). The molecule has 0 saturated heterocycles. The first kappa shape index (κ1) is 8.03. The third-order valence-corrected chi connectivity index (χ3v) is 2.72. The third kappa shape index (κ3) is 1.61. The number of nitriles is 1. The summed E-state index contributed by atoms with van der Waals surface area (Å²) in [6.45, 7) is 0. The largest absolute Gasteiger partial charge is 0.192 e. The Balaban J connectivity index is 2.49. The van der Waals surface area contributed by atoms with Crippen molar-refractivity contribution in [2.45, 2.75) is 0 Å². The van der Waals surface area contributed by atoms with E-state index in [9.17, 15) is 0 Å². The van der Waals surface area contributed by atoms with Gasteiger partial charge in [-0.3, -0.25) is 0 Å². The van der Waals surface area contributed by atoms with Crippen LogP contribution in [0.25, 0.3) is 10.4 Å². The Kier molecular flexibility index (Phi) is 2.11. The Morgan fingerprint density at radius 1 is 1.15 bits per heavy atom. The SMILES string of the molecule is N#Cc1cccc(-c2cccs2)c1. The van der Waals surface area contributed by atoms with Crippen LogP contribution < -0.4 is 0 Å². The molecule has 0 aliphatic carbocycles. The molecule has 2 aromatic rings. The Morgan fingerprint density at radius 3 is 2.77 bits per heavy atom. The maximum Gasteiger partial charge on any atom is 0.0991 e. The van der Waals surface area contributed by atoms with Crippen molar-refractivity contribution in [1.82, 2.24) is 0 Å². The van der Waals surface area contributed by atoms with Gasteiger partial charge in [-0.1, -0.05) is 18.2 Å². The van der Waals surface area contributed by atoms with Gasteiger partial charge in [0.2, 0.25) is 0 Å². The lowest BCUT2D eigenvalue weighted by Gasteiger charge is -1.96. The summed E-state index contributed by atoms with van der Waals surface area (Å²) in [7, 11) is 0. The molecular weight excluding hydrogens is 178 g/mol. The van der Waals surface area contributed by atoms with E-state index < -0.39 is 0 Å². The number of rotatable bonds is 1. The molecule has 0 unspecified atom stereocenters. The van der Waals surface area contributed by atoms with Crippen molar-refractivity contribution in [3.05, 3.63) is 47.3 Å². The average Bonchev–Trinajstić information content (AvgIpc) is 2.71. The van der Waals surface area contributed by atoms with Crippen LogP contribution in [0.3, 0.4) is 0 Å². The summed E-state index contributed by atoms with van der Waals surface area (Å²) in [5.74, 6) is 0. The van der Waals surface area contributed by atoms with Gasteiger partial charge in [-0.25, -0.2) is 0 Å². The molecule has 0 amide bonds. The minimum absolute atomic E-state index is 0.714. The lowest BCUT2D eigenvalue weighted by molar-refractivity contribution is 1.49. The zero-order valence-electron chi connectivity index (χ0n) is 6.90. The van der Waals surface area contributed by atoms with Crippen LogP contribution in [0.1, 0.15) is 5.56 Å². The summed E-state index contributed by atoms with van der Waals surface area (Å²) in [6, 6.07) is 13.9. The van der Waals surface area contributed by atoms with Crippen molar-refractivity contribution in [1.29, 1.82) is 5.26 Å². The van der Waals surface area contributed by atoms with Crippen LogP contribution in [0.15, 0.2) is 41.8 Å². The molecule has 0 N–H and O–H groups in total. The maximum absolute atomic E-state index is 8.71. The summed E-state index contributed by atoms with van der Waals surface area (Å²) >= 11 is 1.69. The van der Waals surface area contributed by atoms with Crippen molar-refractivity contribution in [3.63, 3.8) is 0 Å². The van der Waals surface area contributed by atoms with Gasteiger partial charge in [0.25, 0.3) is 0 Å². The molecule has 1 nitrogen and oxygen atoms in total. The van der Waals surface area contributed by atoms with Crippen molar-refractivity contribution in [3.8, 4) is 16.5 Å². The molecule has 0 aliphatic rings. The summed E-state index contributed by atoms with van der Waals surface area (Å²) in [6.07, 6.45) is 0. The summed E-state index contributed by atoms with van der Waals surface area (Å²) in [4.78, 5) is 1.21. The molecule has 62 valence electrons. The first-order chi connectivity index (χ1) is 6.40. The summed E-state index contributed by atoms with van der Waals surface area (Å²) in [5.41, 5.74) is 1.83. The Hall–Kier alpha value is -1.59. The smallest absolute Gasteiger partial charge is 0.0991 e. The molecule has 1 heterocycles. The van der Waals surface area contributed by atoms with E-state index in [1.165, 1.54) is 4.88 Å². The fraction of sp³-hybridized carbons (Fsp3) is 0. The monoisotopic (exact) mass is 185 g/mol. The van der Waals surface area contributed by atoms with E-state index in [1.807, 2.05) is 35.7 Å². The van der Waals surface area contributed by atoms with Gasteiger partial charge >= 0.3 is 0 Å². The molecule has 0 fully saturated rings. The van der Waals surface area contributed by atoms with E-state index >= 15 is 0 Å². The minimum atomic E-state index is 0.714. The highest BCUT2D eigenvalue weighted by atomic mass is 32.1. The molecule has 0 atom stereocenters. The molecule has 13 heavy (non-hydrogen) atoms. The van der Waals surface area contributed by atoms with E-state index in [2.05, 4.69) is 12.1 Å². The Morgan fingerprint density at radius 2 is 2.08 bits per heavy atom. The van der Waals surface area contributed by atoms with Gasteiger partial charge < -0.3 is 0 Å². The normalized spacial score (nSPS) is 9.46. The highest BCUT2D eigenvalue weighted by Crippen LogP contribution is 2.24. The second kappa shape index (κ2) is 3.42. The average molecular weight is 185 g/mol. The van der Waals surface area contributed by atoms with Crippen molar-refractivity contribution < 1.29 is 0 Å². The first-order valence-electron chi connectivity index (χ1n) is 3.94. The van der Waals surface area contributed by atoms with Crippen molar-refractivity contribution in [2.24, 2.45) is 0 Å². The van der Waals surface area contributed by atoms with Crippen molar-refractivity contribution in [2.75, 3.05) is 0 Å². The lowest BCUT2D eigenvalue weighted by atomic mass is 10.1.